The summed E-state index contributed by atoms with van der Waals surface area (Å²) in [5, 5.41) is 9.71. The van der Waals surface area contributed by atoms with Gasteiger partial charge in [-0.15, -0.1) is 0 Å². The zero-order chi connectivity index (χ0) is 12.3. The number of nitrogen functional groups attached to an aromatic ring is 2. The first kappa shape index (κ1) is 12.1. The van der Waals surface area contributed by atoms with E-state index in [0.717, 1.165) is 4.90 Å². The van der Waals surface area contributed by atoms with Gasteiger partial charge in [0.05, 0.1) is 0 Å². The molecule has 1 unspecified atom stereocenters. The highest BCUT2D eigenvalue weighted by molar-refractivity contribution is 5.72. The van der Waals surface area contributed by atoms with E-state index >= 15 is 0 Å². The molecule has 0 radical (unpaired) electrons. The second kappa shape index (κ2) is 4.24. The largest absolute Gasteiger partial charge is 0.368 e. The monoisotopic (exact) mass is 228 g/mol. The van der Waals surface area contributed by atoms with Gasteiger partial charge in [0.25, 0.3) is 5.91 Å². The number of carbonyl (C=O) groups excluding carboxylic acids is 1. The lowest BCUT2D eigenvalue weighted by molar-refractivity contribution is -0.172. The molecule has 5 N–H and O–H groups in total. The Morgan fingerprint density at radius 2 is 1.88 bits per heavy atom. The highest BCUT2D eigenvalue weighted by Crippen LogP contribution is 2.18. The van der Waals surface area contributed by atoms with Crippen LogP contribution in [-0.2, 0) is 9.53 Å². The van der Waals surface area contributed by atoms with Crippen molar-refractivity contribution in [3.8, 4) is 0 Å². The molecule has 1 aromatic heterocycles. The van der Waals surface area contributed by atoms with Crippen molar-refractivity contribution in [1.82, 2.24) is 15.0 Å². The second-order valence-electron chi connectivity index (χ2n) is 2.97. The average Bonchev–Trinajstić information content (AvgIpc) is 2.16. The Balaban J connectivity index is 3.18. The van der Waals surface area contributed by atoms with Crippen LogP contribution in [0.1, 0.15) is 6.92 Å². The molecule has 0 bridgehead atoms. The Kier molecular flexibility index (Phi) is 3.20. The SMILES string of the molecule is COC(C)(O)N(C=O)c1nc(N)nc(N)n1. The summed E-state index contributed by atoms with van der Waals surface area (Å²) in [6, 6.07) is 0. The van der Waals surface area contributed by atoms with E-state index in [-0.39, 0.29) is 24.3 Å². The van der Waals surface area contributed by atoms with Crippen molar-refractivity contribution in [2.45, 2.75) is 12.8 Å². The van der Waals surface area contributed by atoms with E-state index in [2.05, 4.69) is 15.0 Å². The minimum Gasteiger partial charge on any atom is -0.368 e. The first-order valence-electron chi connectivity index (χ1n) is 4.20. The van der Waals surface area contributed by atoms with Gasteiger partial charge in [0.1, 0.15) is 0 Å². The predicted octanol–water partition coefficient (Wildman–Crippen LogP) is -1.69. The maximum Gasteiger partial charge on any atom is 0.254 e. The molecular weight excluding hydrogens is 216 g/mol. The summed E-state index contributed by atoms with van der Waals surface area (Å²) in [5.74, 6) is -2.43. The Morgan fingerprint density at radius 3 is 2.25 bits per heavy atom. The molecule has 0 aromatic carbocycles. The highest BCUT2D eigenvalue weighted by atomic mass is 16.6. The molecular formula is C7H12N6O3. The summed E-state index contributed by atoms with van der Waals surface area (Å²) in [6.07, 6.45) is 0.289. The van der Waals surface area contributed by atoms with E-state index in [1.54, 1.807) is 0 Å². The van der Waals surface area contributed by atoms with Crippen molar-refractivity contribution >= 4 is 24.3 Å². The van der Waals surface area contributed by atoms with Crippen molar-refractivity contribution in [2.75, 3.05) is 23.5 Å². The maximum atomic E-state index is 10.8. The van der Waals surface area contributed by atoms with E-state index in [9.17, 15) is 9.90 Å². The molecule has 0 fully saturated rings. The topological polar surface area (TPSA) is 140 Å². The zero-order valence-corrected chi connectivity index (χ0v) is 8.78. The zero-order valence-electron chi connectivity index (χ0n) is 8.78. The summed E-state index contributed by atoms with van der Waals surface area (Å²) in [7, 11) is 1.21. The molecule has 1 rings (SSSR count). The van der Waals surface area contributed by atoms with Crippen LogP contribution in [0.2, 0.25) is 0 Å². The molecule has 9 heteroatoms. The number of anilines is 3. The molecule has 0 saturated heterocycles. The van der Waals surface area contributed by atoms with Crippen molar-refractivity contribution in [3.05, 3.63) is 0 Å². The number of methoxy groups -OCH3 is 1. The van der Waals surface area contributed by atoms with Crippen LogP contribution in [0.5, 0.6) is 0 Å². The number of hydrogen-bond acceptors (Lipinski definition) is 8. The van der Waals surface area contributed by atoms with Gasteiger partial charge in [0, 0.05) is 14.0 Å². The lowest BCUT2D eigenvalue weighted by Gasteiger charge is -2.30. The summed E-state index contributed by atoms with van der Waals surface area (Å²) in [6.45, 7) is 1.23. The molecule has 1 amide bonds. The van der Waals surface area contributed by atoms with Gasteiger partial charge < -0.3 is 21.3 Å². The lowest BCUT2D eigenvalue weighted by atomic mass is 10.5. The fraction of sp³-hybridized carbons (Fsp3) is 0.429. The van der Waals surface area contributed by atoms with Crippen molar-refractivity contribution in [2.24, 2.45) is 0 Å². The van der Waals surface area contributed by atoms with Gasteiger partial charge in [-0.3, -0.25) is 4.79 Å². The molecule has 0 aliphatic rings. The van der Waals surface area contributed by atoms with Crippen LogP contribution in [0.25, 0.3) is 0 Å². The quantitative estimate of drug-likeness (QED) is 0.409. The number of nitrogens with two attached hydrogens (primary N) is 2. The molecule has 1 heterocycles. The summed E-state index contributed by atoms with van der Waals surface area (Å²) in [4.78, 5) is 22.4. The smallest absolute Gasteiger partial charge is 0.254 e. The first-order chi connectivity index (χ1) is 7.40. The van der Waals surface area contributed by atoms with E-state index < -0.39 is 5.91 Å². The number of hydrogen-bond donors (Lipinski definition) is 3. The number of ether oxygens (including phenoxy) is 1. The summed E-state index contributed by atoms with van der Waals surface area (Å²) < 4.78 is 4.69. The molecule has 1 atom stereocenters. The number of aliphatic hydroxyl groups is 1. The van der Waals surface area contributed by atoms with Gasteiger partial charge in [-0.25, -0.2) is 4.90 Å². The minimum atomic E-state index is -1.90. The van der Waals surface area contributed by atoms with Gasteiger partial charge in [0.2, 0.25) is 24.3 Å². The number of rotatable bonds is 4. The fourth-order valence-corrected chi connectivity index (χ4v) is 0.934. The van der Waals surface area contributed by atoms with E-state index in [4.69, 9.17) is 16.2 Å². The molecule has 1 aromatic rings. The first-order valence-corrected chi connectivity index (χ1v) is 4.20. The van der Waals surface area contributed by atoms with Gasteiger partial charge in [-0.1, -0.05) is 0 Å². The minimum absolute atomic E-state index is 0.166. The molecule has 88 valence electrons. The fourth-order valence-electron chi connectivity index (χ4n) is 0.934. The standard InChI is InChI=1S/C7H12N6O3/c1-7(15,16-2)13(3-14)6-11-4(8)10-5(9)12-6/h3,15H,1-2H3,(H4,8,9,10,11,12). The van der Waals surface area contributed by atoms with Crippen LogP contribution in [0.4, 0.5) is 17.8 Å². The van der Waals surface area contributed by atoms with Crippen LogP contribution in [-0.4, -0.2) is 39.5 Å². The molecule has 0 aliphatic heterocycles. The van der Waals surface area contributed by atoms with E-state index in [1.807, 2.05) is 0 Å². The molecule has 0 spiro atoms. The predicted molar refractivity (Wildman–Crippen MR) is 54.8 cm³/mol. The van der Waals surface area contributed by atoms with Gasteiger partial charge in [-0.05, 0) is 0 Å². The highest BCUT2D eigenvalue weighted by Gasteiger charge is 2.31. The average molecular weight is 228 g/mol. The van der Waals surface area contributed by atoms with Crippen molar-refractivity contribution in [1.29, 1.82) is 0 Å². The Hall–Kier alpha value is -2.00. The maximum absolute atomic E-state index is 10.8. The number of nitrogens with zero attached hydrogens (tertiary/aromatic N) is 4. The molecule has 0 aliphatic carbocycles. The summed E-state index contributed by atoms with van der Waals surface area (Å²) in [5.41, 5.74) is 10.7. The summed E-state index contributed by atoms with van der Waals surface area (Å²) >= 11 is 0. The van der Waals surface area contributed by atoms with Crippen molar-refractivity contribution < 1.29 is 14.6 Å². The van der Waals surface area contributed by atoms with Gasteiger partial charge in [-0.2, -0.15) is 15.0 Å². The van der Waals surface area contributed by atoms with Crippen molar-refractivity contribution in [3.63, 3.8) is 0 Å². The second-order valence-corrected chi connectivity index (χ2v) is 2.97. The van der Waals surface area contributed by atoms with E-state index in [1.165, 1.54) is 14.0 Å². The normalized spacial score (nSPS) is 14.2. The third kappa shape index (κ3) is 2.32. The van der Waals surface area contributed by atoms with Crippen LogP contribution < -0.4 is 16.4 Å². The number of amides is 1. The van der Waals surface area contributed by atoms with Crippen LogP contribution in [0.3, 0.4) is 0 Å². The van der Waals surface area contributed by atoms with Crippen LogP contribution in [0.15, 0.2) is 0 Å². The molecule has 0 saturated carbocycles. The van der Waals surface area contributed by atoms with E-state index in [0.29, 0.717) is 0 Å². The van der Waals surface area contributed by atoms with Gasteiger partial charge >= 0.3 is 0 Å². The van der Waals surface area contributed by atoms with Crippen LogP contribution in [0, 0.1) is 0 Å². The Bertz CT molecular complexity index is 375. The lowest BCUT2D eigenvalue weighted by Crippen LogP contribution is -2.48. The molecule has 9 nitrogen and oxygen atoms in total. The molecule has 16 heavy (non-hydrogen) atoms. The van der Waals surface area contributed by atoms with Crippen LogP contribution >= 0.6 is 0 Å². The third-order valence-corrected chi connectivity index (χ3v) is 1.81. The van der Waals surface area contributed by atoms with Gasteiger partial charge in [0.15, 0.2) is 0 Å². The third-order valence-electron chi connectivity index (χ3n) is 1.81. The number of aromatic nitrogens is 3. The Morgan fingerprint density at radius 1 is 1.38 bits per heavy atom. The number of carbonyl (C=O) groups is 1. The Labute approximate surface area is 91.1 Å².